The van der Waals surface area contributed by atoms with Crippen molar-refractivity contribution < 1.29 is 44.9 Å². The highest BCUT2D eigenvalue weighted by Gasteiger charge is 2.45. The van der Waals surface area contributed by atoms with Crippen LogP contribution in [-0.4, -0.2) is 116 Å². The Bertz CT molecular complexity index is 5570. The van der Waals surface area contributed by atoms with Crippen LogP contribution in [0.2, 0.25) is 0 Å². The van der Waals surface area contributed by atoms with E-state index in [1.54, 1.807) is 28.3 Å². The summed E-state index contributed by atoms with van der Waals surface area (Å²) in [6, 6.07) is 91.2. The highest BCUT2D eigenvalue weighted by atomic mass is 35.5. The second-order valence-corrected chi connectivity index (χ2v) is 30.5. The zero-order valence-electron chi connectivity index (χ0n) is 66.3. The Morgan fingerprint density at radius 3 is 1.11 bits per heavy atom. The van der Waals surface area contributed by atoms with Gasteiger partial charge < -0.3 is 29.3 Å². The van der Waals surface area contributed by atoms with E-state index in [1.807, 2.05) is 151 Å². The number of rotatable bonds is 19. The van der Waals surface area contributed by atoms with Gasteiger partial charge in [0.15, 0.2) is 0 Å². The minimum absolute atomic E-state index is 0. The second kappa shape index (κ2) is 35.3. The molecule has 0 radical (unpaired) electrons. The van der Waals surface area contributed by atoms with Gasteiger partial charge in [0.2, 0.25) is 5.95 Å². The molecule has 14 nitrogen and oxygen atoms in total. The third-order valence-electron chi connectivity index (χ3n) is 21.0. The molecule has 0 aliphatic carbocycles. The summed E-state index contributed by atoms with van der Waals surface area (Å²) >= 11 is 0. The number of nitrogens with one attached hydrogen (secondary N) is 1. The van der Waals surface area contributed by atoms with Gasteiger partial charge in [-0.05, 0) is 159 Å². The summed E-state index contributed by atoms with van der Waals surface area (Å²) < 4.78 is 116. The fraction of sp³-hybridized carbons (Fsp3) is 0.250. The lowest BCUT2D eigenvalue weighted by atomic mass is 9.77. The van der Waals surface area contributed by atoms with Crippen molar-refractivity contribution in [1.82, 2.24) is 39.8 Å². The van der Waals surface area contributed by atoms with Crippen molar-refractivity contribution in [2.75, 3.05) is 49.1 Å². The minimum atomic E-state index is -2.73. The molecule has 3 saturated heterocycles. The molecule has 0 amide bonds. The van der Waals surface area contributed by atoms with E-state index in [0.717, 1.165) is 106 Å². The van der Waals surface area contributed by atoms with E-state index in [9.17, 15) is 30.7 Å². The summed E-state index contributed by atoms with van der Waals surface area (Å²) in [7, 11) is 0. The van der Waals surface area contributed by atoms with Crippen molar-refractivity contribution in [3.8, 4) is 39.8 Å². The Hall–Kier alpha value is -12.2. The maximum atomic E-state index is 14.4. The van der Waals surface area contributed by atoms with Gasteiger partial charge in [0.25, 0.3) is 17.8 Å². The van der Waals surface area contributed by atoms with Gasteiger partial charge >= 0.3 is 0 Å². The Kier molecular flexibility index (Phi) is 24.6. The lowest BCUT2D eigenvalue weighted by Gasteiger charge is -2.37. The highest BCUT2D eigenvalue weighted by molar-refractivity contribution is 6.15. The number of nitrogens with zero attached hydrogens (tertiary/aromatic N) is 10. The number of pyridine rings is 3. The minimum Gasteiger partial charge on any atom is -0.491 e. The Morgan fingerprint density at radius 1 is 0.398 bits per heavy atom. The van der Waals surface area contributed by atoms with Crippen LogP contribution in [0.4, 0.5) is 42.4 Å². The zero-order chi connectivity index (χ0) is 81.5. The van der Waals surface area contributed by atoms with Gasteiger partial charge in [0.1, 0.15) is 51.3 Å². The molecule has 0 unspecified atom stereocenters. The van der Waals surface area contributed by atoms with Gasteiger partial charge in [0, 0.05) is 96.6 Å². The van der Waals surface area contributed by atoms with Crippen LogP contribution in [0, 0.1) is 5.95 Å². The van der Waals surface area contributed by atoms with Crippen molar-refractivity contribution in [1.29, 1.82) is 0 Å². The van der Waals surface area contributed by atoms with Crippen LogP contribution in [-0.2, 0) is 17.6 Å². The quantitative estimate of drug-likeness (QED) is 0.0471. The maximum absolute atomic E-state index is 14.4. The molecule has 0 spiro atoms. The summed E-state index contributed by atoms with van der Waals surface area (Å²) in [5.41, 5.74) is 13.2. The third kappa shape index (κ3) is 17.7. The standard InChI is InChI=1S/C38H34F2N4O.C34H28FN3O.C20H21F2N3O.C4H7F2N.ClH/c1-27(2)45-32-18-19-34-33(25-32)36(28-20-22-41-35(24-28)43-23-21-37(39,40)26-43)42-44(34)38(29-12-6-3-7-13-29,30-14-8-4-9-15-30)31-16-10-5-11-17-31;1-24(2)39-29-18-19-31-30(23-29)33(25-20-21-36-32(35)22-25)37-38(31)34(26-12-6-3-7-13-26,27-14-8-4-9-15-27)28-16-10-5-11-17-28;1-13(2)26-16-4-3-15-11-24-19(17(15)10-16)14-5-7-23-18(9-14)25-8-6-20(21,22)12-25;5-4(6)1-2-7-3-4;/h3-20,22,24-25,27H,21,23,26H2,1-2H3;3-24H,1-2H3;3-5,7,9-10,13H,6,8,11-12H2,1-2H3;7H,1-3H2;1H. The number of aliphatic imine (C=N–C) groups is 1. The highest BCUT2D eigenvalue weighted by Crippen LogP contribution is 2.48. The van der Waals surface area contributed by atoms with Crippen LogP contribution < -0.4 is 29.3 Å². The topological polar surface area (TPSA) is 133 Å². The molecule has 0 saturated carbocycles. The fourth-order valence-corrected chi connectivity index (χ4v) is 15.9. The van der Waals surface area contributed by atoms with Crippen molar-refractivity contribution >= 4 is 51.6 Å². The number of anilines is 2. The molecule has 14 aromatic rings. The number of halogens is 8. The first-order valence-electron chi connectivity index (χ1n) is 39.5. The van der Waals surface area contributed by atoms with E-state index in [4.69, 9.17) is 24.4 Å². The first kappa shape index (κ1) is 82.3. The van der Waals surface area contributed by atoms with Crippen LogP contribution in [0.5, 0.6) is 17.2 Å². The van der Waals surface area contributed by atoms with Gasteiger partial charge in [-0.1, -0.05) is 188 Å². The van der Waals surface area contributed by atoms with Gasteiger partial charge in [0.05, 0.1) is 61.2 Å². The smallest absolute Gasteiger partial charge is 0.266 e. The molecule has 4 aliphatic heterocycles. The molecule has 3 fully saturated rings. The maximum Gasteiger partial charge on any atom is 0.266 e. The van der Waals surface area contributed by atoms with E-state index < -0.39 is 34.8 Å². The van der Waals surface area contributed by atoms with Crippen LogP contribution in [0.3, 0.4) is 0 Å². The second-order valence-electron chi connectivity index (χ2n) is 30.5. The molecular formula is C96H91ClF7N11O3. The van der Waals surface area contributed by atoms with Crippen molar-refractivity contribution in [3.63, 3.8) is 0 Å². The van der Waals surface area contributed by atoms with Gasteiger partial charge in [-0.25, -0.2) is 50.7 Å². The summed E-state index contributed by atoms with van der Waals surface area (Å²) in [5.74, 6) is -4.97. The average molecular weight is 1620 g/mol. The normalized spacial score (nSPS) is 15.2. The predicted molar refractivity (Wildman–Crippen MR) is 456 cm³/mol. The molecule has 1 N–H and O–H groups in total. The summed E-state index contributed by atoms with van der Waals surface area (Å²) in [4.78, 5) is 20.5. The lowest BCUT2D eigenvalue weighted by Crippen LogP contribution is -2.38. The molecule has 22 heteroatoms. The van der Waals surface area contributed by atoms with Crippen LogP contribution in [0.15, 0.2) is 297 Å². The number of hydrogen-bond acceptors (Lipinski definition) is 12. The first-order valence-corrected chi connectivity index (χ1v) is 39.5. The number of alkyl halides is 6. The summed E-state index contributed by atoms with van der Waals surface area (Å²) in [6.45, 7) is 12.9. The number of benzene rings is 9. The summed E-state index contributed by atoms with van der Waals surface area (Å²) in [5, 5.41) is 15.1. The number of hydrogen-bond donors (Lipinski definition) is 1. The SMILES string of the molecule is CC(C)Oc1ccc2c(c1)C(c1ccnc(N3CCC(F)(F)C3)c1)=NC2.CC(C)Oc1ccc2c(c1)c(-c1ccnc(F)c1)nn2C(c1ccccc1)(c1ccccc1)c1ccccc1.CC(C)Oc1ccc2c(c1)c(-c1ccnc(N3CCC(F)(F)C3)c1)nn2C(c1ccccc1)(c1ccccc1)c1ccccc1.Cl.FC1(F)CCNC1. The van der Waals surface area contributed by atoms with Crippen LogP contribution in [0.25, 0.3) is 44.3 Å². The number of aromatic nitrogens is 7. The van der Waals surface area contributed by atoms with E-state index in [0.29, 0.717) is 42.5 Å². The molecule has 0 atom stereocenters. The van der Waals surface area contributed by atoms with E-state index in [-0.39, 0.29) is 76.2 Å². The molecule has 118 heavy (non-hydrogen) atoms. The Morgan fingerprint density at radius 2 is 0.763 bits per heavy atom. The van der Waals surface area contributed by atoms with E-state index in [2.05, 4.69) is 186 Å². The third-order valence-corrected chi connectivity index (χ3v) is 21.0. The van der Waals surface area contributed by atoms with Crippen molar-refractivity contribution in [3.05, 3.63) is 348 Å². The van der Waals surface area contributed by atoms with Crippen LogP contribution in [0.1, 0.15) is 111 Å². The van der Waals surface area contributed by atoms with Gasteiger partial charge in [-0.15, -0.1) is 12.4 Å². The van der Waals surface area contributed by atoms with Crippen molar-refractivity contribution in [2.45, 2.75) is 115 Å². The molecule has 4 aliphatic rings. The van der Waals surface area contributed by atoms with Gasteiger partial charge in [-0.2, -0.15) is 14.6 Å². The molecule has 18 rings (SSSR count). The lowest BCUT2D eigenvalue weighted by molar-refractivity contribution is 0.0234. The van der Waals surface area contributed by atoms with Crippen LogP contribution >= 0.6 is 12.4 Å². The van der Waals surface area contributed by atoms with Crippen molar-refractivity contribution in [2.24, 2.45) is 4.99 Å². The number of ether oxygens (including phenoxy) is 3. The molecular weight excluding hydrogens is 1520 g/mol. The molecule has 9 heterocycles. The van der Waals surface area contributed by atoms with E-state index in [1.165, 1.54) is 12.3 Å². The monoisotopic (exact) mass is 1610 g/mol. The van der Waals surface area contributed by atoms with E-state index >= 15 is 0 Å². The van der Waals surface area contributed by atoms with Gasteiger partial charge in [-0.3, -0.25) is 4.99 Å². The Balaban J connectivity index is 0.000000143. The molecule has 9 aromatic carbocycles. The fourth-order valence-electron chi connectivity index (χ4n) is 15.9. The molecule has 604 valence electrons. The Labute approximate surface area is 688 Å². The molecule has 5 aromatic heterocycles. The largest absolute Gasteiger partial charge is 0.491 e. The average Bonchev–Trinajstić information content (AvgIpc) is 1.46. The summed E-state index contributed by atoms with van der Waals surface area (Å²) in [6.07, 6.45) is 4.61. The number of fused-ring (bicyclic) bond motifs is 3. The molecule has 0 bridgehead atoms. The zero-order valence-corrected chi connectivity index (χ0v) is 67.1. The first-order chi connectivity index (χ1) is 56.5. The predicted octanol–water partition coefficient (Wildman–Crippen LogP) is 21.5.